The van der Waals surface area contributed by atoms with Gasteiger partial charge in [0, 0.05) is 16.7 Å². The smallest absolute Gasteiger partial charge is 0.171 e. The molecule has 3 nitrogen and oxygen atoms in total. The van der Waals surface area contributed by atoms with Crippen molar-refractivity contribution >= 4 is 39.0 Å². The molecule has 0 aromatic heterocycles. The molecule has 0 unspecified atom stereocenters. The second-order valence-corrected chi connectivity index (χ2v) is 5.97. The number of rotatable bonds is 4. The zero-order valence-corrected chi connectivity index (χ0v) is 10.5. The second-order valence-electron chi connectivity index (χ2n) is 2.65. The lowest BCUT2D eigenvalue weighted by Crippen LogP contribution is -1.96. The van der Waals surface area contributed by atoms with Crippen molar-refractivity contribution < 1.29 is 13.2 Å². The Hall–Kier alpha value is -0.260. The second kappa shape index (κ2) is 5.58. The molecule has 0 fully saturated rings. The van der Waals surface area contributed by atoms with Crippen LogP contribution in [0.25, 0.3) is 0 Å². The van der Waals surface area contributed by atoms with E-state index in [9.17, 15) is 13.2 Å². The molecule has 0 amide bonds. The van der Waals surface area contributed by atoms with Crippen LogP contribution in [0.4, 0.5) is 0 Å². The number of thioether (sulfide) groups is 1. The number of halogens is 1. The van der Waals surface area contributed by atoms with E-state index in [1.165, 1.54) is 19.3 Å². The van der Waals surface area contributed by atoms with E-state index in [0.29, 0.717) is 4.91 Å². The molecule has 0 aliphatic rings. The normalized spacial score (nSPS) is 14.3. The van der Waals surface area contributed by atoms with Crippen molar-refractivity contribution in [1.82, 2.24) is 0 Å². The van der Waals surface area contributed by atoms with Gasteiger partial charge in [-0.2, -0.15) is 0 Å². The molecular weight excluding hydrogens is 244 g/mol. The molecule has 14 heavy (non-hydrogen) atoms. The SMILES string of the molecule is CC(=O)/C(=C\Cl)S/C=C(\C)S(C)(=O)=O. The van der Waals surface area contributed by atoms with Gasteiger partial charge in [-0.05, 0) is 19.3 Å². The summed E-state index contributed by atoms with van der Waals surface area (Å²) < 4.78 is 22.0. The summed E-state index contributed by atoms with van der Waals surface area (Å²) in [5.74, 6) is -0.192. The molecule has 0 aliphatic carbocycles. The van der Waals surface area contributed by atoms with Crippen LogP contribution in [-0.2, 0) is 14.6 Å². The molecule has 6 heteroatoms. The molecule has 0 aliphatic heterocycles. The van der Waals surface area contributed by atoms with E-state index in [1.54, 1.807) is 0 Å². The topological polar surface area (TPSA) is 51.2 Å². The molecule has 0 rings (SSSR count). The van der Waals surface area contributed by atoms with Crippen molar-refractivity contribution in [3.63, 3.8) is 0 Å². The minimum atomic E-state index is -3.17. The quantitative estimate of drug-likeness (QED) is 0.723. The van der Waals surface area contributed by atoms with Crippen molar-refractivity contribution in [2.45, 2.75) is 13.8 Å². The van der Waals surface area contributed by atoms with Gasteiger partial charge >= 0.3 is 0 Å². The number of allylic oxidation sites excluding steroid dienone is 2. The highest BCUT2D eigenvalue weighted by molar-refractivity contribution is 8.07. The molecule has 0 aromatic carbocycles. The Kier molecular flexibility index (Phi) is 5.48. The average Bonchev–Trinajstić information content (AvgIpc) is 2.02. The number of sulfone groups is 1. The van der Waals surface area contributed by atoms with E-state index in [4.69, 9.17) is 11.6 Å². The Morgan fingerprint density at radius 3 is 2.14 bits per heavy atom. The summed E-state index contributed by atoms with van der Waals surface area (Å²) in [6.45, 7) is 2.83. The lowest BCUT2D eigenvalue weighted by molar-refractivity contribution is -0.112. The van der Waals surface area contributed by atoms with Gasteiger partial charge in [0.15, 0.2) is 15.6 Å². The van der Waals surface area contributed by atoms with Gasteiger partial charge in [-0.25, -0.2) is 8.42 Å². The fourth-order valence-electron chi connectivity index (χ4n) is 0.419. The minimum Gasteiger partial charge on any atom is -0.294 e. The third-order valence-electron chi connectivity index (χ3n) is 1.38. The molecular formula is C8H11ClO3S2. The van der Waals surface area contributed by atoms with Crippen LogP contribution in [0.3, 0.4) is 0 Å². The maximum atomic E-state index is 11.0. The summed E-state index contributed by atoms with van der Waals surface area (Å²) >= 11 is 6.38. The summed E-state index contributed by atoms with van der Waals surface area (Å²) in [5, 5.41) is 1.39. The molecule has 0 saturated heterocycles. The number of ketones is 1. The first-order valence-corrected chi connectivity index (χ1v) is 6.84. The number of hydrogen-bond donors (Lipinski definition) is 0. The van der Waals surface area contributed by atoms with Gasteiger partial charge in [0.25, 0.3) is 0 Å². The third-order valence-corrected chi connectivity index (χ3v) is 4.30. The first kappa shape index (κ1) is 13.7. The summed E-state index contributed by atoms with van der Waals surface area (Å²) in [4.78, 5) is 11.4. The summed E-state index contributed by atoms with van der Waals surface area (Å²) in [6.07, 6.45) is 1.11. The van der Waals surface area contributed by atoms with Crippen LogP contribution in [0.1, 0.15) is 13.8 Å². The van der Waals surface area contributed by atoms with E-state index in [2.05, 4.69) is 0 Å². The molecule has 80 valence electrons. The maximum absolute atomic E-state index is 11.0. The van der Waals surface area contributed by atoms with E-state index in [1.807, 2.05) is 0 Å². The Balaban J connectivity index is 4.68. The van der Waals surface area contributed by atoms with Gasteiger partial charge in [-0.3, -0.25) is 4.79 Å². The van der Waals surface area contributed by atoms with E-state index in [0.717, 1.165) is 23.6 Å². The highest BCUT2D eigenvalue weighted by Crippen LogP contribution is 2.22. The molecule has 0 radical (unpaired) electrons. The first-order chi connectivity index (χ1) is 6.29. The Morgan fingerprint density at radius 1 is 1.36 bits per heavy atom. The van der Waals surface area contributed by atoms with Crippen molar-refractivity contribution in [3.8, 4) is 0 Å². The molecule has 0 heterocycles. The van der Waals surface area contributed by atoms with Crippen LogP contribution in [-0.4, -0.2) is 20.5 Å². The standard InChI is InChI=1S/C8H11ClO3S2/c1-6(14(3,11)12)5-13-8(4-9)7(2)10/h4-5H,1-3H3/b6-5+,8-4+. The van der Waals surface area contributed by atoms with Crippen LogP contribution < -0.4 is 0 Å². The van der Waals surface area contributed by atoms with E-state index in [-0.39, 0.29) is 10.7 Å². The highest BCUT2D eigenvalue weighted by Gasteiger charge is 2.07. The zero-order chi connectivity index (χ0) is 11.4. The number of hydrogen-bond acceptors (Lipinski definition) is 4. The van der Waals surface area contributed by atoms with Crippen molar-refractivity contribution in [1.29, 1.82) is 0 Å². The lowest BCUT2D eigenvalue weighted by atomic mass is 10.4. The first-order valence-electron chi connectivity index (χ1n) is 3.64. The third kappa shape index (κ3) is 4.83. The van der Waals surface area contributed by atoms with Gasteiger partial charge in [-0.1, -0.05) is 23.4 Å². The van der Waals surface area contributed by atoms with Crippen LogP contribution in [0.5, 0.6) is 0 Å². The molecule has 0 atom stereocenters. The number of carbonyl (C=O) groups is 1. The minimum absolute atomic E-state index is 0.192. The molecule has 0 spiro atoms. The maximum Gasteiger partial charge on any atom is 0.171 e. The van der Waals surface area contributed by atoms with Gasteiger partial charge < -0.3 is 0 Å². The predicted molar refractivity (Wildman–Crippen MR) is 60.8 cm³/mol. The van der Waals surface area contributed by atoms with Gasteiger partial charge in [0.05, 0.1) is 4.91 Å². The monoisotopic (exact) mass is 254 g/mol. The van der Waals surface area contributed by atoms with Crippen LogP contribution >= 0.6 is 23.4 Å². The largest absolute Gasteiger partial charge is 0.294 e. The van der Waals surface area contributed by atoms with E-state index < -0.39 is 9.84 Å². The number of Topliss-reactive ketones (excluding diaryl/α,β-unsaturated/α-hetero) is 1. The number of carbonyl (C=O) groups excluding carboxylic acids is 1. The Labute approximate surface area is 93.1 Å². The van der Waals surface area contributed by atoms with Gasteiger partial charge in [-0.15, -0.1) is 0 Å². The average molecular weight is 255 g/mol. The summed E-state index contributed by atoms with van der Waals surface area (Å²) in [6, 6.07) is 0. The lowest BCUT2D eigenvalue weighted by Gasteiger charge is -1.98. The molecule has 0 N–H and O–H groups in total. The fourth-order valence-corrected chi connectivity index (χ4v) is 2.08. The molecule has 0 bridgehead atoms. The molecule has 0 saturated carbocycles. The summed E-state index contributed by atoms with van der Waals surface area (Å²) in [5.41, 5.74) is 1.14. The van der Waals surface area contributed by atoms with Crippen LogP contribution in [0, 0.1) is 0 Å². The predicted octanol–water partition coefficient (Wildman–Crippen LogP) is 2.29. The van der Waals surface area contributed by atoms with E-state index >= 15 is 0 Å². The molecule has 0 aromatic rings. The van der Waals surface area contributed by atoms with Crippen molar-refractivity contribution in [2.24, 2.45) is 0 Å². The zero-order valence-electron chi connectivity index (χ0n) is 8.07. The fraction of sp³-hybridized carbons (Fsp3) is 0.375. The Bertz CT molecular complexity index is 379. The highest BCUT2D eigenvalue weighted by atomic mass is 35.5. The van der Waals surface area contributed by atoms with Crippen molar-refractivity contribution in [2.75, 3.05) is 6.26 Å². The van der Waals surface area contributed by atoms with Gasteiger partial charge in [0.1, 0.15) is 0 Å². The van der Waals surface area contributed by atoms with Gasteiger partial charge in [0.2, 0.25) is 0 Å². The Morgan fingerprint density at radius 2 is 1.86 bits per heavy atom. The van der Waals surface area contributed by atoms with Crippen molar-refractivity contribution in [3.05, 3.63) is 20.8 Å². The van der Waals surface area contributed by atoms with Crippen LogP contribution in [0.2, 0.25) is 0 Å². The summed E-state index contributed by atoms with van der Waals surface area (Å²) in [7, 11) is -3.17. The van der Waals surface area contributed by atoms with Crippen LogP contribution in [0.15, 0.2) is 20.8 Å².